The van der Waals surface area contributed by atoms with Crippen LogP contribution in [0.25, 0.3) is 0 Å². The third kappa shape index (κ3) is 3.88. The van der Waals surface area contributed by atoms with Crippen LogP contribution >= 0.6 is 11.6 Å². The average Bonchev–Trinajstić information content (AvgIpc) is 2.59. The largest absolute Gasteiger partial charge is 0.353 e. The van der Waals surface area contributed by atoms with Crippen LogP contribution in [0.2, 0.25) is 5.02 Å². The lowest BCUT2D eigenvalue weighted by Crippen LogP contribution is -2.12. The van der Waals surface area contributed by atoms with E-state index >= 15 is 0 Å². The van der Waals surface area contributed by atoms with Crippen LogP contribution in [0.15, 0.2) is 66.9 Å². The molecule has 0 saturated carbocycles. The summed E-state index contributed by atoms with van der Waals surface area (Å²) in [5.41, 5.74) is 1.86. The lowest BCUT2D eigenvalue weighted by molar-refractivity contribution is 0.102. The van der Waals surface area contributed by atoms with Gasteiger partial charge in [-0.3, -0.25) is 4.79 Å². The van der Waals surface area contributed by atoms with Crippen molar-refractivity contribution in [2.45, 2.75) is 0 Å². The molecule has 0 aliphatic carbocycles. The first-order valence-corrected chi connectivity index (χ1v) is 7.54. The number of amides is 1. The molecule has 2 N–H and O–H groups in total. The van der Waals surface area contributed by atoms with Gasteiger partial charge in [0.25, 0.3) is 5.91 Å². The average molecular weight is 342 g/mol. The summed E-state index contributed by atoms with van der Waals surface area (Å²) in [5.74, 6) is -0.344. The molecule has 0 aliphatic rings. The first kappa shape index (κ1) is 16.0. The van der Waals surface area contributed by atoms with Crippen LogP contribution in [-0.2, 0) is 0 Å². The standard InChI is InChI=1S/C18H13ClFN3O/c19-15-3-1-2-4-16(15)22-14-9-10-17(21-11-14)23-18(24)12-5-7-13(20)8-6-12/h1-11,22H,(H,21,23,24). The second-order valence-electron chi connectivity index (χ2n) is 5.00. The van der Waals surface area contributed by atoms with E-state index in [-0.39, 0.29) is 11.7 Å². The Balaban J connectivity index is 1.67. The third-order valence-electron chi connectivity index (χ3n) is 3.26. The molecule has 0 radical (unpaired) electrons. The minimum absolute atomic E-state index is 0.352. The van der Waals surface area contributed by atoms with Crippen molar-refractivity contribution in [1.82, 2.24) is 4.98 Å². The van der Waals surface area contributed by atoms with Crippen LogP contribution in [0.4, 0.5) is 21.6 Å². The summed E-state index contributed by atoms with van der Waals surface area (Å²) < 4.78 is 12.9. The van der Waals surface area contributed by atoms with Gasteiger partial charge in [-0.1, -0.05) is 23.7 Å². The summed E-state index contributed by atoms with van der Waals surface area (Å²) in [6.45, 7) is 0. The van der Waals surface area contributed by atoms with Crippen molar-refractivity contribution in [2.24, 2.45) is 0 Å². The normalized spacial score (nSPS) is 10.2. The maximum atomic E-state index is 12.9. The summed E-state index contributed by atoms with van der Waals surface area (Å²) in [7, 11) is 0. The minimum atomic E-state index is -0.389. The second-order valence-corrected chi connectivity index (χ2v) is 5.41. The number of rotatable bonds is 4. The van der Waals surface area contributed by atoms with E-state index < -0.39 is 0 Å². The molecule has 0 spiro atoms. The predicted octanol–water partition coefficient (Wildman–Crippen LogP) is 4.87. The zero-order valence-corrected chi connectivity index (χ0v) is 13.2. The smallest absolute Gasteiger partial charge is 0.256 e. The zero-order chi connectivity index (χ0) is 16.9. The molecule has 1 heterocycles. The molecule has 3 aromatic rings. The fourth-order valence-electron chi connectivity index (χ4n) is 2.05. The Morgan fingerprint density at radius 1 is 1.00 bits per heavy atom. The van der Waals surface area contributed by atoms with Gasteiger partial charge in [0, 0.05) is 5.56 Å². The number of hydrogen-bond donors (Lipinski definition) is 2. The Kier molecular flexibility index (Phi) is 4.72. The van der Waals surface area contributed by atoms with E-state index in [0.717, 1.165) is 11.4 Å². The lowest BCUT2D eigenvalue weighted by atomic mass is 10.2. The zero-order valence-electron chi connectivity index (χ0n) is 12.5. The van der Waals surface area contributed by atoms with E-state index in [1.54, 1.807) is 24.4 Å². The Labute approximate surface area is 143 Å². The van der Waals surface area contributed by atoms with Gasteiger partial charge in [0.15, 0.2) is 0 Å². The highest BCUT2D eigenvalue weighted by atomic mass is 35.5. The Bertz CT molecular complexity index is 851. The highest BCUT2D eigenvalue weighted by Gasteiger charge is 2.07. The van der Waals surface area contributed by atoms with Crippen molar-refractivity contribution in [3.05, 3.63) is 83.3 Å². The molecule has 1 amide bonds. The molecule has 2 aromatic carbocycles. The van der Waals surface area contributed by atoms with E-state index in [1.807, 2.05) is 18.2 Å². The molecule has 0 unspecified atom stereocenters. The fraction of sp³-hybridized carbons (Fsp3) is 0. The number of halogens is 2. The number of nitrogens with one attached hydrogen (secondary N) is 2. The van der Waals surface area contributed by atoms with E-state index in [4.69, 9.17) is 11.6 Å². The van der Waals surface area contributed by atoms with Crippen LogP contribution < -0.4 is 10.6 Å². The van der Waals surface area contributed by atoms with Crippen LogP contribution in [0.3, 0.4) is 0 Å². The minimum Gasteiger partial charge on any atom is -0.353 e. The van der Waals surface area contributed by atoms with Crippen molar-refractivity contribution >= 4 is 34.7 Å². The van der Waals surface area contributed by atoms with Gasteiger partial charge in [-0.2, -0.15) is 0 Å². The monoisotopic (exact) mass is 341 g/mol. The maximum absolute atomic E-state index is 12.9. The van der Waals surface area contributed by atoms with Crippen molar-refractivity contribution in [1.29, 1.82) is 0 Å². The number of nitrogens with zero attached hydrogens (tertiary/aromatic N) is 1. The molecule has 0 atom stereocenters. The molecule has 0 saturated heterocycles. The summed E-state index contributed by atoms with van der Waals surface area (Å²) in [6.07, 6.45) is 1.59. The Morgan fingerprint density at radius 3 is 2.42 bits per heavy atom. The van der Waals surface area contributed by atoms with Gasteiger partial charge in [-0.05, 0) is 48.5 Å². The quantitative estimate of drug-likeness (QED) is 0.711. The number of carbonyl (C=O) groups excluding carboxylic acids is 1. The number of hydrogen-bond acceptors (Lipinski definition) is 3. The summed E-state index contributed by atoms with van der Waals surface area (Å²) in [6, 6.07) is 16.1. The highest BCUT2D eigenvalue weighted by Crippen LogP contribution is 2.24. The predicted molar refractivity (Wildman–Crippen MR) is 93.3 cm³/mol. The van der Waals surface area contributed by atoms with E-state index in [1.165, 1.54) is 24.3 Å². The van der Waals surface area contributed by atoms with Crippen LogP contribution in [0.1, 0.15) is 10.4 Å². The SMILES string of the molecule is O=C(Nc1ccc(Nc2ccccc2Cl)cn1)c1ccc(F)cc1. The van der Waals surface area contributed by atoms with Crippen LogP contribution in [0.5, 0.6) is 0 Å². The molecule has 24 heavy (non-hydrogen) atoms. The molecule has 3 rings (SSSR count). The molecular weight excluding hydrogens is 329 g/mol. The molecule has 120 valence electrons. The van der Waals surface area contributed by atoms with Gasteiger partial charge in [0.1, 0.15) is 11.6 Å². The molecule has 0 aliphatic heterocycles. The number of pyridine rings is 1. The van der Waals surface area contributed by atoms with Crippen molar-refractivity contribution in [3.8, 4) is 0 Å². The molecule has 0 fully saturated rings. The number of benzene rings is 2. The second kappa shape index (κ2) is 7.10. The maximum Gasteiger partial charge on any atom is 0.256 e. The van der Waals surface area contributed by atoms with Crippen molar-refractivity contribution in [3.63, 3.8) is 0 Å². The molecule has 1 aromatic heterocycles. The van der Waals surface area contributed by atoms with Crippen molar-refractivity contribution in [2.75, 3.05) is 10.6 Å². The molecule has 4 nitrogen and oxygen atoms in total. The van der Waals surface area contributed by atoms with E-state index in [2.05, 4.69) is 15.6 Å². The summed E-state index contributed by atoms with van der Waals surface area (Å²) in [4.78, 5) is 16.2. The van der Waals surface area contributed by atoms with Gasteiger partial charge in [-0.15, -0.1) is 0 Å². The third-order valence-corrected chi connectivity index (χ3v) is 3.59. The summed E-state index contributed by atoms with van der Waals surface area (Å²) in [5, 5.41) is 6.40. The van der Waals surface area contributed by atoms with Gasteiger partial charge < -0.3 is 10.6 Å². The van der Waals surface area contributed by atoms with Gasteiger partial charge in [-0.25, -0.2) is 9.37 Å². The first-order valence-electron chi connectivity index (χ1n) is 7.16. The molecule has 6 heteroatoms. The fourth-order valence-corrected chi connectivity index (χ4v) is 2.23. The number of aromatic nitrogens is 1. The van der Waals surface area contributed by atoms with Crippen LogP contribution in [0, 0.1) is 5.82 Å². The van der Waals surface area contributed by atoms with Crippen molar-refractivity contribution < 1.29 is 9.18 Å². The first-order chi connectivity index (χ1) is 11.6. The lowest BCUT2D eigenvalue weighted by Gasteiger charge is -2.09. The van der Waals surface area contributed by atoms with E-state index in [9.17, 15) is 9.18 Å². The highest BCUT2D eigenvalue weighted by molar-refractivity contribution is 6.33. The number of anilines is 3. The topological polar surface area (TPSA) is 54.0 Å². The Hall–Kier alpha value is -2.92. The van der Waals surface area contributed by atoms with Gasteiger partial charge >= 0.3 is 0 Å². The summed E-state index contributed by atoms with van der Waals surface area (Å²) >= 11 is 6.09. The number of carbonyl (C=O) groups is 1. The molecular formula is C18H13ClFN3O. The molecule has 0 bridgehead atoms. The van der Waals surface area contributed by atoms with Crippen LogP contribution in [-0.4, -0.2) is 10.9 Å². The Morgan fingerprint density at radius 2 is 1.75 bits per heavy atom. The van der Waals surface area contributed by atoms with Gasteiger partial charge in [0.05, 0.1) is 22.6 Å². The van der Waals surface area contributed by atoms with E-state index in [0.29, 0.717) is 16.4 Å². The van der Waals surface area contributed by atoms with Gasteiger partial charge in [0.2, 0.25) is 0 Å². The number of para-hydroxylation sites is 1.